The zero-order valence-corrected chi connectivity index (χ0v) is 10.8. The van der Waals surface area contributed by atoms with Gasteiger partial charge >= 0.3 is 0 Å². The van der Waals surface area contributed by atoms with Crippen LogP contribution in [-0.2, 0) is 4.74 Å². The average molecular weight is 247 g/mol. The highest BCUT2D eigenvalue weighted by atomic mass is 16.5. The normalized spacial score (nSPS) is 21.7. The molecule has 1 fully saturated rings. The van der Waals surface area contributed by atoms with Crippen molar-refractivity contribution in [1.29, 1.82) is 5.41 Å². The van der Waals surface area contributed by atoms with Crippen molar-refractivity contribution in [2.24, 2.45) is 0 Å². The van der Waals surface area contributed by atoms with Crippen LogP contribution in [0.2, 0.25) is 0 Å². The molecule has 3 N–H and O–H groups in total. The maximum atomic E-state index is 7.53. The molecule has 2 aliphatic heterocycles. The standard InChI is InChI=1S/C14H21N3O/c1-11-6-12(9-16-8-11)13(7-15)10-17-14-2-4-18-5-3-14/h6-8,10,14-17H,2-5,9H2,1H3/b13-10+,15-7?. The van der Waals surface area contributed by atoms with E-state index in [0.29, 0.717) is 6.04 Å². The summed E-state index contributed by atoms with van der Waals surface area (Å²) in [5.74, 6) is 0. The van der Waals surface area contributed by atoms with Crippen molar-refractivity contribution in [3.05, 3.63) is 35.2 Å². The topological polar surface area (TPSA) is 57.1 Å². The van der Waals surface area contributed by atoms with Gasteiger partial charge in [0, 0.05) is 43.8 Å². The van der Waals surface area contributed by atoms with Gasteiger partial charge in [0.2, 0.25) is 0 Å². The van der Waals surface area contributed by atoms with Crippen LogP contribution in [0.3, 0.4) is 0 Å². The van der Waals surface area contributed by atoms with Gasteiger partial charge in [0.05, 0.1) is 0 Å². The van der Waals surface area contributed by atoms with Crippen LogP contribution in [0.1, 0.15) is 19.8 Å². The molecule has 1 saturated heterocycles. The Hall–Kier alpha value is -1.55. The van der Waals surface area contributed by atoms with E-state index in [1.807, 2.05) is 12.4 Å². The number of ether oxygens (including phenoxy) is 1. The van der Waals surface area contributed by atoms with Gasteiger partial charge in [0.15, 0.2) is 0 Å². The maximum absolute atomic E-state index is 7.53. The number of dihydropyridines is 1. The minimum absolute atomic E-state index is 0.475. The molecule has 4 nitrogen and oxygen atoms in total. The largest absolute Gasteiger partial charge is 0.387 e. The van der Waals surface area contributed by atoms with E-state index in [-0.39, 0.29) is 0 Å². The van der Waals surface area contributed by atoms with Crippen molar-refractivity contribution in [2.45, 2.75) is 25.8 Å². The molecule has 4 heteroatoms. The predicted octanol–water partition coefficient (Wildman–Crippen LogP) is 1.72. The van der Waals surface area contributed by atoms with E-state index in [4.69, 9.17) is 10.1 Å². The molecule has 2 aliphatic rings. The Morgan fingerprint density at radius 2 is 2.28 bits per heavy atom. The molecule has 0 unspecified atom stereocenters. The Labute approximate surface area is 108 Å². The maximum Gasteiger partial charge on any atom is 0.0485 e. The van der Waals surface area contributed by atoms with Gasteiger partial charge in [-0.1, -0.05) is 6.08 Å². The molecule has 18 heavy (non-hydrogen) atoms. The Morgan fingerprint density at radius 3 is 2.94 bits per heavy atom. The smallest absolute Gasteiger partial charge is 0.0485 e. The fourth-order valence-electron chi connectivity index (χ4n) is 2.17. The van der Waals surface area contributed by atoms with E-state index in [2.05, 4.69) is 23.6 Å². The second-order valence-electron chi connectivity index (χ2n) is 4.74. The van der Waals surface area contributed by atoms with Gasteiger partial charge in [-0.05, 0) is 37.1 Å². The predicted molar refractivity (Wildman–Crippen MR) is 73.7 cm³/mol. The summed E-state index contributed by atoms with van der Waals surface area (Å²) < 4.78 is 5.33. The van der Waals surface area contributed by atoms with Crippen molar-refractivity contribution in [2.75, 3.05) is 19.8 Å². The first-order chi connectivity index (χ1) is 8.79. The molecular weight excluding hydrogens is 226 g/mol. The summed E-state index contributed by atoms with van der Waals surface area (Å²) in [4.78, 5) is 0. The van der Waals surface area contributed by atoms with Crippen LogP contribution in [0.25, 0.3) is 0 Å². The quantitative estimate of drug-likeness (QED) is 0.663. The third-order valence-corrected chi connectivity index (χ3v) is 3.25. The summed E-state index contributed by atoms with van der Waals surface area (Å²) in [7, 11) is 0. The highest BCUT2D eigenvalue weighted by Gasteiger charge is 2.12. The van der Waals surface area contributed by atoms with Crippen molar-refractivity contribution in [3.63, 3.8) is 0 Å². The number of allylic oxidation sites excluding steroid dienone is 2. The van der Waals surface area contributed by atoms with Gasteiger partial charge in [0.25, 0.3) is 0 Å². The monoisotopic (exact) mass is 247 g/mol. The van der Waals surface area contributed by atoms with Gasteiger partial charge in [-0.15, -0.1) is 0 Å². The Balaban J connectivity index is 1.99. The molecule has 0 atom stereocenters. The van der Waals surface area contributed by atoms with E-state index in [9.17, 15) is 0 Å². The molecule has 2 rings (SSSR count). The lowest BCUT2D eigenvalue weighted by Gasteiger charge is -2.23. The van der Waals surface area contributed by atoms with Gasteiger partial charge < -0.3 is 20.8 Å². The Morgan fingerprint density at radius 1 is 1.50 bits per heavy atom. The summed E-state index contributed by atoms with van der Waals surface area (Å²) >= 11 is 0. The van der Waals surface area contributed by atoms with E-state index in [0.717, 1.165) is 43.7 Å². The second-order valence-corrected chi connectivity index (χ2v) is 4.74. The van der Waals surface area contributed by atoms with Crippen LogP contribution < -0.4 is 10.6 Å². The molecule has 0 bridgehead atoms. The van der Waals surface area contributed by atoms with Gasteiger partial charge in [-0.2, -0.15) is 0 Å². The molecule has 98 valence electrons. The number of rotatable bonds is 4. The van der Waals surface area contributed by atoms with E-state index < -0.39 is 0 Å². The number of nitrogens with one attached hydrogen (secondary N) is 3. The number of hydrogen-bond donors (Lipinski definition) is 3. The van der Waals surface area contributed by atoms with E-state index in [1.54, 1.807) is 0 Å². The SMILES string of the molecule is CC1=CNCC(/C(C=N)=C/NC2CCOCC2)=C1. The first-order valence-corrected chi connectivity index (χ1v) is 6.45. The average Bonchev–Trinajstić information content (AvgIpc) is 2.41. The first kappa shape index (κ1) is 12.9. The molecular formula is C14H21N3O. The van der Waals surface area contributed by atoms with Crippen molar-refractivity contribution in [1.82, 2.24) is 10.6 Å². The summed E-state index contributed by atoms with van der Waals surface area (Å²) in [6, 6.07) is 0.475. The third-order valence-electron chi connectivity index (χ3n) is 3.25. The van der Waals surface area contributed by atoms with E-state index >= 15 is 0 Å². The van der Waals surface area contributed by atoms with E-state index in [1.165, 1.54) is 11.8 Å². The third kappa shape index (κ3) is 3.47. The lowest BCUT2D eigenvalue weighted by molar-refractivity contribution is 0.0812. The van der Waals surface area contributed by atoms with Crippen molar-refractivity contribution in [3.8, 4) is 0 Å². The Bertz CT molecular complexity index is 390. The zero-order chi connectivity index (χ0) is 12.8. The minimum atomic E-state index is 0.475. The molecule has 0 aliphatic carbocycles. The molecule has 0 saturated carbocycles. The molecule has 0 aromatic heterocycles. The number of hydrogen-bond acceptors (Lipinski definition) is 4. The second kappa shape index (κ2) is 6.40. The molecule has 0 amide bonds. The van der Waals surface area contributed by atoms with Gasteiger partial charge in [-0.3, -0.25) is 0 Å². The molecule has 0 aromatic rings. The van der Waals surface area contributed by atoms with Gasteiger partial charge in [-0.25, -0.2) is 0 Å². The summed E-state index contributed by atoms with van der Waals surface area (Å²) in [6.45, 7) is 4.50. The highest BCUT2D eigenvalue weighted by Crippen LogP contribution is 2.14. The summed E-state index contributed by atoms with van der Waals surface area (Å²) in [6.07, 6.45) is 9.58. The summed E-state index contributed by atoms with van der Waals surface area (Å²) in [5.41, 5.74) is 3.29. The first-order valence-electron chi connectivity index (χ1n) is 6.45. The van der Waals surface area contributed by atoms with Crippen molar-refractivity contribution >= 4 is 6.21 Å². The minimum Gasteiger partial charge on any atom is -0.387 e. The Kier molecular flexibility index (Phi) is 4.59. The van der Waals surface area contributed by atoms with Gasteiger partial charge in [0.1, 0.15) is 0 Å². The molecule has 2 heterocycles. The fraction of sp³-hybridized carbons (Fsp3) is 0.500. The fourth-order valence-corrected chi connectivity index (χ4v) is 2.17. The van der Waals surface area contributed by atoms with Crippen LogP contribution in [-0.4, -0.2) is 32.0 Å². The molecule has 0 spiro atoms. The molecule has 0 aromatic carbocycles. The van der Waals surface area contributed by atoms with Crippen molar-refractivity contribution < 1.29 is 4.74 Å². The molecule has 0 radical (unpaired) electrons. The van der Waals surface area contributed by atoms with Crippen LogP contribution in [0, 0.1) is 5.41 Å². The van der Waals surface area contributed by atoms with Crippen LogP contribution in [0.15, 0.2) is 35.2 Å². The lowest BCUT2D eigenvalue weighted by atomic mass is 10.0. The zero-order valence-electron chi connectivity index (χ0n) is 10.8. The highest BCUT2D eigenvalue weighted by molar-refractivity contribution is 5.82. The van der Waals surface area contributed by atoms with Crippen LogP contribution in [0.5, 0.6) is 0 Å². The van der Waals surface area contributed by atoms with Crippen LogP contribution in [0.4, 0.5) is 0 Å². The lowest BCUT2D eigenvalue weighted by Crippen LogP contribution is -2.32. The summed E-state index contributed by atoms with van der Waals surface area (Å²) in [5, 5.41) is 14.2. The van der Waals surface area contributed by atoms with Crippen LogP contribution >= 0.6 is 0 Å².